The Morgan fingerprint density at radius 2 is 1.44 bits per heavy atom. The van der Waals surface area contributed by atoms with Crippen molar-refractivity contribution in [2.45, 2.75) is 62.4 Å². The number of carbonyl (C=O) groups is 2. The molecule has 0 heterocycles. The quantitative estimate of drug-likeness (QED) is 0.366. The fourth-order valence-corrected chi connectivity index (χ4v) is 2.97. The van der Waals surface area contributed by atoms with Crippen LogP contribution in [0.3, 0.4) is 0 Å². The van der Waals surface area contributed by atoms with Gasteiger partial charge < -0.3 is 14.6 Å². The summed E-state index contributed by atoms with van der Waals surface area (Å²) in [6, 6.07) is 0. The van der Waals surface area contributed by atoms with Gasteiger partial charge in [-0.25, -0.2) is 9.18 Å². The molecular formula is C15H15F8O4-. The Bertz CT molecular complexity index is 581. The molecule has 0 aromatic rings. The number of hydrogen-bond donors (Lipinski definition) is 0. The van der Waals surface area contributed by atoms with Gasteiger partial charge in [0.05, 0.1) is 12.4 Å². The van der Waals surface area contributed by atoms with Gasteiger partial charge in [-0.05, 0) is 24.8 Å². The van der Waals surface area contributed by atoms with Crippen LogP contribution >= 0.6 is 0 Å². The minimum absolute atomic E-state index is 0.0734. The molecule has 4 nitrogen and oxygen atoms in total. The van der Waals surface area contributed by atoms with Gasteiger partial charge in [-0.3, -0.25) is 0 Å². The first-order chi connectivity index (χ1) is 12.1. The predicted octanol–water partition coefficient (Wildman–Crippen LogP) is 3.30. The third-order valence-corrected chi connectivity index (χ3v) is 4.18. The van der Waals surface area contributed by atoms with Gasteiger partial charge >= 0.3 is 24.2 Å². The zero-order valence-corrected chi connectivity index (χ0v) is 13.6. The fraction of sp³-hybridized carbons (Fsp3) is 0.733. The molecule has 156 valence electrons. The second-order valence-corrected chi connectivity index (χ2v) is 6.15. The van der Waals surface area contributed by atoms with E-state index in [2.05, 4.69) is 4.74 Å². The van der Waals surface area contributed by atoms with Crippen LogP contribution in [0, 0.1) is 5.92 Å². The summed E-state index contributed by atoms with van der Waals surface area (Å²) >= 11 is 0. The van der Waals surface area contributed by atoms with E-state index in [4.69, 9.17) is 0 Å². The number of rotatable bonds is 7. The Morgan fingerprint density at radius 1 is 0.926 bits per heavy atom. The standard InChI is InChI=1S/C15H16F8O4/c16-12(8-13(17,18)19,9-4-2-1-3-5-9)14(20,21)15(22,23)27-11(26)7-6-10(24)25/h6-7,9H,1-5,8H2,(H,24,25)/p-1. The Balaban J connectivity index is 3.23. The van der Waals surface area contributed by atoms with Crippen LogP contribution in [-0.4, -0.2) is 35.8 Å². The minimum Gasteiger partial charge on any atom is -0.545 e. The summed E-state index contributed by atoms with van der Waals surface area (Å²) in [5.41, 5.74) is -4.73. The molecule has 0 saturated heterocycles. The molecule has 1 unspecified atom stereocenters. The first kappa shape index (κ1) is 23.2. The highest BCUT2D eigenvalue weighted by Gasteiger charge is 2.76. The van der Waals surface area contributed by atoms with Crippen LogP contribution in [-0.2, 0) is 14.3 Å². The highest BCUT2D eigenvalue weighted by molar-refractivity contribution is 5.90. The number of aliphatic carboxylic acids is 1. The molecule has 27 heavy (non-hydrogen) atoms. The first-order valence-corrected chi connectivity index (χ1v) is 7.76. The lowest BCUT2D eigenvalue weighted by molar-refractivity contribution is -0.379. The number of carboxylic acid groups (broad SMARTS) is 1. The van der Waals surface area contributed by atoms with Crippen molar-refractivity contribution in [3.05, 3.63) is 12.2 Å². The van der Waals surface area contributed by atoms with Crippen LogP contribution in [0.25, 0.3) is 0 Å². The van der Waals surface area contributed by atoms with E-state index < -0.39 is 61.0 Å². The van der Waals surface area contributed by atoms with Gasteiger partial charge in [-0.2, -0.15) is 30.7 Å². The van der Waals surface area contributed by atoms with Gasteiger partial charge in [-0.1, -0.05) is 19.3 Å². The van der Waals surface area contributed by atoms with Crippen LogP contribution < -0.4 is 5.11 Å². The number of hydrogen-bond acceptors (Lipinski definition) is 4. The van der Waals surface area contributed by atoms with Crippen molar-refractivity contribution in [1.82, 2.24) is 0 Å². The van der Waals surface area contributed by atoms with E-state index in [0.29, 0.717) is 6.42 Å². The van der Waals surface area contributed by atoms with Crippen molar-refractivity contribution >= 4 is 11.9 Å². The second kappa shape index (κ2) is 8.01. The van der Waals surface area contributed by atoms with Gasteiger partial charge in [0.2, 0.25) is 0 Å². The van der Waals surface area contributed by atoms with Crippen LogP contribution in [0.1, 0.15) is 38.5 Å². The highest BCUT2D eigenvalue weighted by Crippen LogP contribution is 2.55. The molecule has 0 spiro atoms. The van der Waals surface area contributed by atoms with Crippen molar-refractivity contribution in [2.24, 2.45) is 5.92 Å². The average Bonchev–Trinajstić information content (AvgIpc) is 2.51. The molecule has 1 aliphatic rings. The maximum absolute atomic E-state index is 14.9. The monoisotopic (exact) mass is 411 g/mol. The molecule has 1 fully saturated rings. The number of carbonyl (C=O) groups excluding carboxylic acids is 2. The van der Waals surface area contributed by atoms with Gasteiger partial charge in [0.15, 0.2) is 5.67 Å². The van der Waals surface area contributed by atoms with E-state index in [1.54, 1.807) is 0 Å². The molecule has 0 aromatic carbocycles. The molecule has 1 rings (SSSR count). The Labute approximate surface area is 148 Å². The largest absolute Gasteiger partial charge is 0.545 e. The summed E-state index contributed by atoms with van der Waals surface area (Å²) in [5.74, 6) is -12.4. The maximum Gasteiger partial charge on any atom is 0.470 e. The molecule has 1 atom stereocenters. The maximum atomic E-state index is 14.9. The van der Waals surface area contributed by atoms with Crippen molar-refractivity contribution < 1.29 is 54.6 Å². The number of carboxylic acids is 1. The summed E-state index contributed by atoms with van der Waals surface area (Å²) in [7, 11) is 0. The lowest BCUT2D eigenvalue weighted by Gasteiger charge is -2.43. The van der Waals surface area contributed by atoms with Crippen molar-refractivity contribution in [1.29, 1.82) is 0 Å². The third-order valence-electron chi connectivity index (χ3n) is 4.18. The number of esters is 1. The molecule has 0 bridgehead atoms. The molecule has 1 aliphatic carbocycles. The summed E-state index contributed by atoms with van der Waals surface area (Å²) in [4.78, 5) is 21.1. The van der Waals surface area contributed by atoms with Gasteiger partial charge in [0, 0.05) is 6.08 Å². The van der Waals surface area contributed by atoms with Crippen molar-refractivity contribution in [2.75, 3.05) is 0 Å². The van der Waals surface area contributed by atoms with E-state index in [-0.39, 0.29) is 25.0 Å². The summed E-state index contributed by atoms with van der Waals surface area (Å²) in [6.07, 6.45) is -15.1. The van der Waals surface area contributed by atoms with Gasteiger partial charge in [0.1, 0.15) is 0 Å². The van der Waals surface area contributed by atoms with E-state index >= 15 is 0 Å². The van der Waals surface area contributed by atoms with E-state index in [1.165, 1.54) is 0 Å². The molecule has 0 aromatic heterocycles. The van der Waals surface area contributed by atoms with Gasteiger partial charge in [0.25, 0.3) is 0 Å². The average molecular weight is 411 g/mol. The molecular weight excluding hydrogens is 396 g/mol. The lowest BCUT2D eigenvalue weighted by atomic mass is 9.72. The highest BCUT2D eigenvalue weighted by atomic mass is 19.4. The third kappa shape index (κ3) is 5.55. The van der Waals surface area contributed by atoms with Crippen molar-refractivity contribution in [3.8, 4) is 0 Å². The molecule has 0 aliphatic heterocycles. The van der Waals surface area contributed by atoms with Gasteiger partial charge in [-0.15, -0.1) is 0 Å². The fourth-order valence-electron chi connectivity index (χ4n) is 2.97. The summed E-state index contributed by atoms with van der Waals surface area (Å²) in [6.45, 7) is 0. The zero-order valence-electron chi connectivity index (χ0n) is 13.6. The Kier molecular flexibility index (Phi) is 6.87. The predicted molar refractivity (Wildman–Crippen MR) is 71.2 cm³/mol. The second-order valence-electron chi connectivity index (χ2n) is 6.15. The van der Waals surface area contributed by atoms with E-state index in [0.717, 1.165) is 0 Å². The smallest absolute Gasteiger partial charge is 0.470 e. The normalized spacial score (nSPS) is 19.7. The molecule has 12 heteroatoms. The first-order valence-electron chi connectivity index (χ1n) is 7.76. The van der Waals surface area contributed by atoms with Crippen LogP contribution in [0.4, 0.5) is 35.1 Å². The summed E-state index contributed by atoms with van der Waals surface area (Å²) in [5, 5.41) is 10.1. The van der Waals surface area contributed by atoms with Crippen LogP contribution in [0.15, 0.2) is 12.2 Å². The number of ether oxygens (including phenoxy) is 1. The van der Waals surface area contributed by atoms with E-state index in [1.807, 2.05) is 0 Å². The molecule has 1 saturated carbocycles. The minimum atomic E-state index is -6.03. The van der Waals surface area contributed by atoms with Crippen LogP contribution in [0.5, 0.6) is 0 Å². The topological polar surface area (TPSA) is 66.4 Å². The zero-order chi connectivity index (χ0) is 21.1. The number of alkyl halides is 8. The number of halogens is 8. The van der Waals surface area contributed by atoms with E-state index in [9.17, 15) is 49.8 Å². The summed E-state index contributed by atoms with van der Waals surface area (Å²) < 4.78 is 112. The SMILES string of the molecule is O=C([O-])C=CC(=O)OC(F)(F)C(F)(F)C(F)(CC(F)(F)F)C1CCCCC1. The Hall–Kier alpha value is -1.88. The lowest BCUT2D eigenvalue weighted by Crippen LogP contribution is -2.62. The van der Waals surface area contributed by atoms with Crippen molar-refractivity contribution in [3.63, 3.8) is 0 Å². The molecule has 0 N–H and O–H groups in total. The molecule has 0 radical (unpaired) electrons. The Morgan fingerprint density at radius 3 is 1.89 bits per heavy atom. The van der Waals surface area contributed by atoms with Crippen LogP contribution in [0.2, 0.25) is 0 Å². The molecule has 0 amide bonds.